The van der Waals surface area contributed by atoms with Crippen LogP contribution in [0.3, 0.4) is 0 Å². The van der Waals surface area contributed by atoms with E-state index in [4.69, 9.17) is 0 Å². The van der Waals surface area contributed by atoms with Crippen molar-refractivity contribution in [2.24, 2.45) is 0 Å². The molecule has 0 aliphatic rings. The molecule has 8 heteroatoms. The van der Waals surface area contributed by atoms with E-state index in [9.17, 15) is 9.59 Å². The lowest BCUT2D eigenvalue weighted by Crippen LogP contribution is -2.15. The third-order valence-electron chi connectivity index (χ3n) is 2.67. The van der Waals surface area contributed by atoms with Gasteiger partial charge in [-0.25, -0.2) is 9.78 Å². The number of anilines is 1. The van der Waals surface area contributed by atoms with Gasteiger partial charge in [0, 0.05) is 5.38 Å². The molecular formula is C13H11N5O2S. The van der Waals surface area contributed by atoms with Gasteiger partial charge in [-0.3, -0.25) is 15.1 Å². The molecule has 0 spiro atoms. The molecule has 0 atom stereocenters. The average molecular weight is 301 g/mol. The number of hydrogen-bond donors (Lipinski definition) is 2. The molecule has 3 rings (SSSR count). The zero-order chi connectivity index (χ0) is 14.8. The summed E-state index contributed by atoms with van der Waals surface area (Å²) < 4.78 is 1.14. The number of H-pyrrole nitrogens is 1. The summed E-state index contributed by atoms with van der Waals surface area (Å²) in [4.78, 5) is 30.4. The third kappa shape index (κ3) is 2.75. The van der Waals surface area contributed by atoms with Crippen LogP contribution in [-0.4, -0.2) is 25.7 Å². The molecule has 7 nitrogen and oxygen atoms in total. The van der Waals surface area contributed by atoms with Gasteiger partial charge in [0.15, 0.2) is 5.13 Å². The van der Waals surface area contributed by atoms with E-state index in [0.717, 1.165) is 10.4 Å². The van der Waals surface area contributed by atoms with E-state index in [-0.39, 0.29) is 5.82 Å². The Kier molecular flexibility index (Phi) is 3.36. The molecule has 1 aromatic carbocycles. The lowest BCUT2D eigenvalue weighted by molar-refractivity contribution is 0.101. The fraction of sp³-hybridized carbons (Fsp3) is 0.0769. The number of carbonyl (C=O) groups excluding carboxylic acids is 1. The van der Waals surface area contributed by atoms with E-state index in [0.29, 0.717) is 10.8 Å². The van der Waals surface area contributed by atoms with E-state index in [1.807, 2.05) is 18.4 Å². The number of amides is 1. The fourth-order valence-corrected chi connectivity index (χ4v) is 2.42. The summed E-state index contributed by atoms with van der Waals surface area (Å²) in [6, 6.07) is 8.87. The van der Waals surface area contributed by atoms with E-state index in [2.05, 4.69) is 20.4 Å². The number of benzene rings is 1. The van der Waals surface area contributed by atoms with Crippen molar-refractivity contribution in [2.45, 2.75) is 6.92 Å². The standard InChI is InChI=1S/C13H11N5O2S/c1-8-7-21-12(14-8)16-11(19)10-15-13(20)18(17-10)9-5-3-2-4-6-9/h2-7H,1H3,(H,14,16,19)(H,15,17,20). The van der Waals surface area contributed by atoms with Gasteiger partial charge >= 0.3 is 5.69 Å². The van der Waals surface area contributed by atoms with Crippen LogP contribution in [0.4, 0.5) is 5.13 Å². The number of aromatic amines is 1. The van der Waals surface area contributed by atoms with E-state index < -0.39 is 11.6 Å². The maximum Gasteiger partial charge on any atom is 0.348 e. The molecule has 0 saturated carbocycles. The quantitative estimate of drug-likeness (QED) is 0.768. The lowest BCUT2D eigenvalue weighted by Gasteiger charge is -1.98. The Labute approximate surface area is 123 Å². The molecule has 0 unspecified atom stereocenters. The first-order valence-corrected chi connectivity index (χ1v) is 7.00. The first kappa shape index (κ1) is 13.3. The highest BCUT2D eigenvalue weighted by Crippen LogP contribution is 2.14. The van der Waals surface area contributed by atoms with Crippen molar-refractivity contribution in [1.82, 2.24) is 19.7 Å². The first-order valence-electron chi connectivity index (χ1n) is 6.12. The van der Waals surface area contributed by atoms with Gasteiger partial charge in [-0.1, -0.05) is 18.2 Å². The number of rotatable bonds is 3. The molecule has 3 aromatic rings. The second-order valence-corrected chi connectivity index (χ2v) is 5.13. The molecule has 2 N–H and O–H groups in total. The second-order valence-electron chi connectivity index (χ2n) is 4.27. The Morgan fingerprint density at radius 1 is 1.33 bits per heavy atom. The Morgan fingerprint density at radius 3 is 2.76 bits per heavy atom. The molecule has 2 heterocycles. The maximum atomic E-state index is 12.0. The van der Waals surface area contributed by atoms with Gasteiger partial charge in [-0.15, -0.1) is 16.4 Å². The smallest absolute Gasteiger partial charge is 0.295 e. The largest absolute Gasteiger partial charge is 0.348 e. The highest BCUT2D eigenvalue weighted by atomic mass is 32.1. The van der Waals surface area contributed by atoms with Gasteiger partial charge in [0.2, 0.25) is 5.82 Å². The van der Waals surface area contributed by atoms with Crippen molar-refractivity contribution >= 4 is 22.4 Å². The van der Waals surface area contributed by atoms with Crippen LogP contribution in [0.15, 0.2) is 40.5 Å². The van der Waals surface area contributed by atoms with Crippen LogP contribution < -0.4 is 11.0 Å². The van der Waals surface area contributed by atoms with Crippen molar-refractivity contribution in [3.63, 3.8) is 0 Å². The molecule has 0 saturated heterocycles. The zero-order valence-corrected chi connectivity index (χ0v) is 11.8. The predicted octanol–water partition coefficient (Wildman–Crippen LogP) is 1.58. The Balaban J connectivity index is 1.87. The number of nitrogens with zero attached hydrogens (tertiary/aromatic N) is 3. The second kappa shape index (κ2) is 5.33. The van der Waals surface area contributed by atoms with Gasteiger partial charge in [0.25, 0.3) is 5.91 Å². The Hall–Kier alpha value is -2.74. The van der Waals surface area contributed by atoms with E-state index in [1.54, 1.807) is 24.3 Å². The summed E-state index contributed by atoms with van der Waals surface area (Å²) in [5.74, 6) is -0.562. The van der Waals surface area contributed by atoms with Crippen LogP contribution in [0.25, 0.3) is 5.69 Å². The van der Waals surface area contributed by atoms with Gasteiger partial charge in [0.05, 0.1) is 11.4 Å². The monoisotopic (exact) mass is 301 g/mol. The topological polar surface area (TPSA) is 92.7 Å². The minimum absolute atomic E-state index is 0.0586. The van der Waals surface area contributed by atoms with Crippen molar-refractivity contribution in [2.75, 3.05) is 5.32 Å². The summed E-state index contributed by atoms with van der Waals surface area (Å²) >= 11 is 1.31. The molecule has 106 valence electrons. The molecule has 1 amide bonds. The molecule has 0 fully saturated rings. The summed E-state index contributed by atoms with van der Waals surface area (Å²) in [5.41, 5.74) is 0.933. The molecular weight excluding hydrogens is 290 g/mol. The SMILES string of the molecule is Cc1csc(NC(=O)c2nn(-c3ccccc3)c(=O)[nH]2)n1. The van der Waals surface area contributed by atoms with E-state index >= 15 is 0 Å². The van der Waals surface area contributed by atoms with Crippen LogP contribution in [0.1, 0.15) is 16.3 Å². The van der Waals surface area contributed by atoms with Gasteiger partial charge in [0.1, 0.15) is 0 Å². The molecule has 2 aromatic heterocycles. The van der Waals surface area contributed by atoms with E-state index in [1.165, 1.54) is 11.3 Å². The van der Waals surface area contributed by atoms with Crippen LogP contribution in [0.2, 0.25) is 0 Å². The number of hydrogen-bond acceptors (Lipinski definition) is 5. The number of aromatic nitrogens is 4. The molecule has 0 bridgehead atoms. The summed E-state index contributed by atoms with van der Waals surface area (Å²) in [6.07, 6.45) is 0. The van der Waals surface area contributed by atoms with Crippen molar-refractivity contribution in [3.8, 4) is 5.69 Å². The van der Waals surface area contributed by atoms with Gasteiger partial charge < -0.3 is 0 Å². The molecule has 0 aliphatic heterocycles. The highest BCUT2D eigenvalue weighted by molar-refractivity contribution is 7.13. The minimum Gasteiger partial charge on any atom is -0.295 e. The summed E-state index contributed by atoms with van der Waals surface area (Å²) in [5, 5.41) is 8.88. The van der Waals surface area contributed by atoms with Gasteiger partial charge in [-0.2, -0.15) is 4.68 Å². The minimum atomic E-state index is -0.504. The average Bonchev–Trinajstić information content (AvgIpc) is 3.06. The maximum absolute atomic E-state index is 12.0. The predicted molar refractivity (Wildman–Crippen MR) is 79.0 cm³/mol. The van der Waals surface area contributed by atoms with Crippen molar-refractivity contribution in [3.05, 3.63) is 57.7 Å². The lowest BCUT2D eigenvalue weighted by atomic mass is 10.3. The number of aryl methyl sites for hydroxylation is 1. The molecule has 0 radical (unpaired) electrons. The fourth-order valence-electron chi connectivity index (χ4n) is 1.74. The van der Waals surface area contributed by atoms with Crippen LogP contribution >= 0.6 is 11.3 Å². The van der Waals surface area contributed by atoms with Crippen LogP contribution in [0, 0.1) is 6.92 Å². The zero-order valence-electron chi connectivity index (χ0n) is 11.0. The van der Waals surface area contributed by atoms with Crippen molar-refractivity contribution < 1.29 is 4.79 Å². The van der Waals surface area contributed by atoms with Crippen LogP contribution in [-0.2, 0) is 0 Å². The Bertz CT molecular complexity index is 834. The highest BCUT2D eigenvalue weighted by Gasteiger charge is 2.15. The molecule has 21 heavy (non-hydrogen) atoms. The number of para-hydroxylation sites is 1. The number of nitrogens with one attached hydrogen (secondary N) is 2. The molecule has 0 aliphatic carbocycles. The van der Waals surface area contributed by atoms with Crippen molar-refractivity contribution in [1.29, 1.82) is 0 Å². The number of thiazole rings is 1. The van der Waals surface area contributed by atoms with Crippen LogP contribution in [0.5, 0.6) is 0 Å². The first-order chi connectivity index (χ1) is 10.1. The third-order valence-corrected chi connectivity index (χ3v) is 3.55. The summed E-state index contributed by atoms with van der Waals surface area (Å²) in [6.45, 7) is 1.83. The normalized spacial score (nSPS) is 10.5. The van der Waals surface area contributed by atoms with Gasteiger partial charge in [-0.05, 0) is 19.1 Å². The number of carbonyl (C=O) groups is 1. The Morgan fingerprint density at radius 2 is 2.10 bits per heavy atom. The summed E-state index contributed by atoms with van der Waals surface area (Å²) in [7, 11) is 0.